The molecule has 10 heteroatoms. The molecular formula is C31H22F3N3O4. The SMILES string of the molecule is O=C(Nc1ccc(OCc2ccccc2)cc1)c1cc(-c2ccc(C(F)(F)F)cc2)[nH]c1-c1ccccc1[N+](=O)[O-]. The highest BCUT2D eigenvalue weighted by Gasteiger charge is 2.30. The minimum absolute atomic E-state index is 0.0820. The molecule has 1 heterocycles. The standard InChI is InChI=1S/C31H22F3N3O4/c32-31(33,34)22-12-10-21(11-13-22)27-18-26(29(36-27)25-8-4-5-9-28(25)37(39)40)30(38)35-23-14-16-24(17-15-23)41-19-20-6-2-1-3-7-20/h1-18,36H,19H2,(H,35,38). The molecule has 1 amide bonds. The van der Waals surface area contributed by atoms with Crippen LogP contribution < -0.4 is 10.1 Å². The van der Waals surface area contributed by atoms with E-state index in [1.54, 1.807) is 30.3 Å². The summed E-state index contributed by atoms with van der Waals surface area (Å²) in [6.45, 7) is 0.377. The second kappa shape index (κ2) is 11.4. The summed E-state index contributed by atoms with van der Waals surface area (Å²) in [5.74, 6) is 0.0317. The van der Waals surface area contributed by atoms with E-state index in [0.29, 0.717) is 29.3 Å². The number of nitrogens with zero attached hydrogens (tertiary/aromatic N) is 1. The predicted molar refractivity (Wildman–Crippen MR) is 148 cm³/mol. The van der Waals surface area contributed by atoms with E-state index in [2.05, 4.69) is 10.3 Å². The number of alkyl halides is 3. The second-order valence-corrected chi connectivity index (χ2v) is 9.07. The van der Waals surface area contributed by atoms with Crippen LogP contribution in [0.5, 0.6) is 5.75 Å². The van der Waals surface area contributed by atoms with Crippen molar-refractivity contribution in [3.63, 3.8) is 0 Å². The Morgan fingerprint density at radius 3 is 2.20 bits per heavy atom. The second-order valence-electron chi connectivity index (χ2n) is 9.07. The van der Waals surface area contributed by atoms with E-state index in [0.717, 1.165) is 17.7 Å². The number of hydrogen-bond donors (Lipinski definition) is 2. The lowest BCUT2D eigenvalue weighted by Gasteiger charge is -2.09. The van der Waals surface area contributed by atoms with E-state index < -0.39 is 22.6 Å². The molecule has 0 spiro atoms. The number of nitrogens with one attached hydrogen (secondary N) is 2. The first-order valence-corrected chi connectivity index (χ1v) is 12.4. The monoisotopic (exact) mass is 557 g/mol. The Bertz CT molecular complexity index is 1680. The van der Waals surface area contributed by atoms with Gasteiger partial charge in [0, 0.05) is 17.4 Å². The highest BCUT2D eigenvalue weighted by atomic mass is 19.4. The number of carbonyl (C=O) groups excluding carboxylic acids is 1. The number of ether oxygens (including phenoxy) is 1. The van der Waals surface area contributed by atoms with Crippen LogP contribution in [-0.4, -0.2) is 15.8 Å². The maximum atomic E-state index is 13.4. The smallest absolute Gasteiger partial charge is 0.416 e. The van der Waals surface area contributed by atoms with E-state index >= 15 is 0 Å². The molecule has 0 aliphatic heterocycles. The van der Waals surface area contributed by atoms with Crippen molar-refractivity contribution in [1.29, 1.82) is 0 Å². The molecule has 2 N–H and O–H groups in total. The Morgan fingerprint density at radius 2 is 1.54 bits per heavy atom. The van der Waals surface area contributed by atoms with Gasteiger partial charge in [0.2, 0.25) is 0 Å². The van der Waals surface area contributed by atoms with Crippen molar-refractivity contribution in [1.82, 2.24) is 4.98 Å². The summed E-state index contributed by atoms with van der Waals surface area (Å²) in [6, 6.07) is 28.1. The third kappa shape index (κ3) is 6.27. The number of anilines is 1. The fraction of sp³-hybridized carbons (Fsp3) is 0.0645. The van der Waals surface area contributed by atoms with Crippen LogP contribution in [0.2, 0.25) is 0 Å². The molecule has 0 fully saturated rings. The largest absolute Gasteiger partial charge is 0.489 e. The number of halogens is 3. The minimum atomic E-state index is -4.50. The van der Waals surface area contributed by atoms with Crippen molar-refractivity contribution in [2.75, 3.05) is 5.32 Å². The molecule has 0 aliphatic carbocycles. The summed E-state index contributed by atoms with van der Waals surface area (Å²) in [6.07, 6.45) is -4.50. The van der Waals surface area contributed by atoms with Crippen molar-refractivity contribution in [3.8, 4) is 28.3 Å². The van der Waals surface area contributed by atoms with Crippen LogP contribution in [0, 0.1) is 10.1 Å². The molecule has 1 aromatic heterocycles. The third-order valence-corrected chi connectivity index (χ3v) is 6.32. The Kier molecular flexibility index (Phi) is 7.55. The van der Waals surface area contributed by atoms with Crippen LogP contribution in [0.3, 0.4) is 0 Å². The van der Waals surface area contributed by atoms with Gasteiger partial charge in [0.05, 0.1) is 27.3 Å². The zero-order chi connectivity index (χ0) is 29.0. The molecule has 7 nitrogen and oxygen atoms in total. The lowest BCUT2D eigenvalue weighted by atomic mass is 10.0. The first-order valence-electron chi connectivity index (χ1n) is 12.4. The zero-order valence-electron chi connectivity index (χ0n) is 21.3. The van der Waals surface area contributed by atoms with Crippen LogP contribution >= 0.6 is 0 Å². The average Bonchev–Trinajstić information content (AvgIpc) is 3.43. The van der Waals surface area contributed by atoms with Gasteiger partial charge < -0.3 is 15.0 Å². The van der Waals surface area contributed by atoms with E-state index in [1.807, 2.05) is 30.3 Å². The third-order valence-electron chi connectivity index (χ3n) is 6.32. The zero-order valence-corrected chi connectivity index (χ0v) is 21.3. The Morgan fingerprint density at radius 1 is 0.878 bits per heavy atom. The number of para-hydroxylation sites is 1. The number of hydrogen-bond acceptors (Lipinski definition) is 4. The number of H-pyrrole nitrogens is 1. The first kappa shape index (κ1) is 27.2. The van der Waals surface area contributed by atoms with Crippen molar-refractivity contribution in [2.24, 2.45) is 0 Å². The van der Waals surface area contributed by atoms with Gasteiger partial charge in [0.25, 0.3) is 11.6 Å². The number of aromatic nitrogens is 1. The number of nitro groups is 1. The Hall–Kier alpha value is -5.38. The highest BCUT2D eigenvalue weighted by molar-refractivity contribution is 6.09. The van der Waals surface area contributed by atoms with Gasteiger partial charge in [-0.15, -0.1) is 0 Å². The van der Waals surface area contributed by atoms with Gasteiger partial charge in [-0.3, -0.25) is 14.9 Å². The molecule has 0 bridgehead atoms. The maximum absolute atomic E-state index is 13.4. The van der Waals surface area contributed by atoms with Crippen LogP contribution in [-0.2, 0) is 12.8 Å². The molecule has 0 atom stereocenters. The first-order chi connectivity index (χ1) is 19.7. The summed E-state index contributed by atoms with van der Waals surface area (Å²) in [4.78, 5) is 27.6. The van der Waals surface area contributed by atoms with Gasteiger partial charge in [-0.2, -0.15) is 13.2 Å². The molecule has 0 saturated carbocycles. The molecule has 0 saturated heterocycles. The number of carbonyl (C=O) groups is 1. The van der Waals surface area contributed by atoms with Gasteiger partial charge in [0.1, 0.15) is 12.4 Å². The predicted octanol–water partition coefficient (Wildman–Crippen LogP) is 8.11. The number of rotatable bonds is 8. The van der Waals surface area contributed by atoms with Crippen LogP contribution in [0.1, 0.15) is 21.5 Å². The van der Waals surface area contributed by atoms with Gasteiger partial charge in [-0.05, 0) is 59.7 Å². The fourth-order valence-electron chi connectivity index (χ4n) is 4.26. The summed E-state index contributed by atoms with van der Waals surface area (Å²) in [5.41, 5.74) is 1.50. The van der Waals surface area contributed by atoms with Crippen molar-refractivity contribution in [2.45, 2.75) is 12.8 Å². The van der Waals surface area contributed by atoms with E-state index in [9.17, 15) is 28.1 Å². The lowest BCUT2D eigenvalue weighted by molar-refractivity contribution is -0.384. The number of aromatic amines is 1. The van der Waals surface area contributed by atoms with Crippen LogP contribution in [0.4, 0.5) is 24.5 Å². The fourth-order valence-corrected chi connectivity index (χ4v) is 4.26. The van der Waals surface area contributed by atoms with Gasteiger partial charge in [-0.1, -0.05) is 54.6 Å². The lowest BCUT2D eigenvalue weighted by Crippen LogP contribution is -2.12. The van der Waals surface area contributed by atoms with E-state index in [1.165, 1.54) is 36.4 Å². The molecule has 5 aromatic rings. The Balaban J connectivity index is 1.43. The van der Waals surface area contributed by atoms with Crippen molar-refractivity contribution < 1.29 is 27.6 Å². The summed E-state index contributed by atoms with van der Waals surface area (Å²) in [5, 5.41) is 14.5. The molecule has 206 valence electrons. The van der Waals surface area contributed by atoms with Gasteiger partial charge >= 0.3 is 6.18 Å². The topological polar surface area (TPSA) is 97.3 Å². The molecule has 0 unspecified atom stereocenters. The summed E-state index contributed by atoms with van der Waals surface area (Å²) in [7, 11) is 0. The van der Waals surface area contributed by atoms with E-state index in [4.69, 9.17) is 4.74 Å². The Labute approximate surface area is 232 Å². The molecule has 41 heavy (non-hydrogen) atoms. The quantitative estimate of drug-likeness (QED) is 0.149. The van der Waals surface area contributed by atoms with Crippen LogP contribution in [0.25, 0.3) is 22.5 Å². The highest BCUT2D eigenvalue weighted by Crippen LogP contribution is 2.36. The molecule has 5 rings (SSSR count). The van der Waals surface area contributed by atoms with Gasteiger partial charge in [0.15, 0.2) is 0 Å². The number of amides is 1. The molecule has 4 aromatic carbocycles. The van der Waals surface area contributed by atoms with Crippen LogP contribution in [0.15, 0.2) is 109 Å². The number of benzene rings is 4. The van der Waals surface area contributed by atoms with Crippen molar-refractivity contribution >= 4 is 17.3 Å². The summed E-state index contributed by atoms with van der Waals surface area (Å²) < 4.78 is 45.0. The minimum Gasteiger partial charge on any atom is -0.489 e. The summed E-state index contributed by atoms with van der Waals surface area (Å²) >= 11 is 0. The maximum Gasteiger partial charge on any atom is 0.416 e. The van der Waals surface area contributed by atoms with E-state index in [-0.39, 0.29) is 22.5 Å². The number of nitro benzene ring substituents is 1. The van der Waals surface area contributed by atoms with Gasteiger partial charge in [-0.25, -0.2) is 0 Å². The molecule has 0 radical (unpaired) electrons. The molecular weight excluding hydrogens is 535 g/mol. The normalized spacial score (nSPS) is 11.2. The molecule has 0 aliphatic rings. The average molecular weight is 558 g/mol. The van der Waals surface area contributed by atoms with Crippen molar-refractivity contribution in [3.05, 3.63) is 136 Å².